The molecular formula is C6H8N2O2. The number of rotatable bonds is 1. The van der Waals surface area contributed by atoms with E-state index in [4.69, 9.17) is 0 Å². The van der Waals surface area contributed by atoms with Gasteiger partial charge in [-0.2, -0.15) is 0 Å². The lowest BCUT2D eigenvalue weighted by Gasteiger charge is -1.86. The first-order valence-corrected chi connectivity index (χ1v) is 2.84. The predicted octanol–water partition coefficient (Wildman–Crippen LogP) is -0.464. The summed E-state index contributed by atoms with van der Waals surface area (Å²) in [5.74, 6) is 0. The molecule has 0 fully saturated rings. The molecule has 0 N–H and O–H groups in total. The molecule has 0 aliphatic heterocycles. The molecule has 0 radical (unpaired) electrons. The van der Waals surface area contributed by atoms with Crippen LogP contribution >= 0.6 is 0 Å². The summed E-state index contributed by atoms with van der Waals surface area (Å²) in [6, 6.07) is 0. The van der Waals surface area contributed by atoms with Gasteiger partial charge >= 0.3 is 5.69 Å². The Balaban J connectivity index is 3.45. The molecule has 0 saturated heterocycles. The summed E-state index contributed by atoms with van der Waals surface area (Å²) in [5, 5.41) is 0. The van der Waals surface area contributed by atoms with Crippen LogP contribution < -0.4 is 5.69 Å². The van der Waals surface area contributed by atoms with Crippen LogP contribution in [0, 0.1) is 0 Å². The smallest absolute Gasteiger partial charge is 0.302 e. The highest BCUT2D eigenvalue weighted by atomic mass is 16.2. The Hall–Kier alpha value is -1.32. The minimum atomic E-state index is -0.179. The fourth-order valence-electron chi connectivity index (χ4n) is 0.797. The fourth-order valence-corrected chi connectivity index (χ4v) is 0.797. The van der Waals surface area contributed by atoms with Crippen LogP contribution in [-0.4, -0.2) is 15.4 Å². The summed E-state index contributed by atoms with van der Waals surface area (Å²) in [7, 11) is 3.17. The van der Waals surface area contributed by atoms with E-state index in [1.165, 1.54) is 15.3 Å². The molecule has 4 heteroatoms. The van der Waals surface area contributed by atoms with Gasteiger partial charge in [-0.15, -0.1) is 0 Å². The Morgan fingerprint density at radius 2 is 2.10 bits per heavy atom. The van der Waals surface area contributed by atoms with Gasteiger partial charge in [-0.25, -0.2) is 4.79 Å². The first kappa shape index (κ1) is 6.80. The molecule has 4 nitrogen and oxygen atoms in total. The number of aromatic nitrogens is 2. The van der Waals surface area contributed by atoms with Crippen molar-refractivity contribution in [3.05, 3.63) is 22.4 Å². The lowest BCUT2D eigenvalue weighted by molar-refractivity contribution is 0.111. The largest absolute Gasteiger partial charge is 0.328 e. The Labute approximate surface area is 57.7 Å². The van der Waals surface area contributed by atoms with E-state index in [-0.39, 0.29) is 5.69 Å². The zero-order valence-corrected chi connectivity index (χ0v) is 5.87. The second kappa shape index (κ2) is 2.13. The molecule has 1 rings (SSSR count). The summed E-state index contributed by atoms with van der Waals surface area (Å²) >= 11 is 0. The van der Waals surface area contributed by atoms with Gasteiger partial charge in [0, 0.05) is 20.3 Å². The molecule has 1 heterocycles. The van der Waals surface area contributed by atoms with Gasteiger partial charge in [0.2, 0.25) is 0 Å². The maximum absolute atomic E-state index is 10.9. The quantitative estimate of drug-likeness (QED) is 0.495. The van der Waals surface area contributed by atoms with E-state index >= 15 is 0 Å². The van der Waals surface area contributed by atoms with Gasteiger partial charge < -0.3 is 4.57 Å². The minimum Gasteiger partial charge on any atom is -0.302 e. The fraction of sp³-hybridized carbons (Fsp3) is 0.333. The van der Waals surface area contributed by atoms with Crippen LogP contribution in [0.3, 0.4) is 0 Å². The molecule has 1 aromatic rings. The maximum Gasteiger partial charge on any atom is 0.328 e. The van der Waals surface area contributed by atoms with Gasteiger partial charge in [-0.05, 0) is 0 Å². The van der Waals surface area contributed by atoms with E-state index in [9.17, 15) is 9.59 Å². The molecule has 0 atom stereocenters. The highest BCUT2D eigenvalue weighted by Gasteiger charge is 2.01. The van der Waals surface area contributed by atoms with Crippen molar-refractivity contribution in [3.63, 3.8) is 0 Å². The second-order valence-electron chi connectivity index (χ2n) is 2.12. The Morgan fingerprint density at radius 3 is 2.30 bits per heavy atom. The van der Waals surface area contributed by atoms with Crippen LogP contribution in [0.5, 0.6) is 0 Å². The number of aryl methyl sites for hydroxylation is 1. The molecular weight excluding hydrogens is 132 g/mol. The average molecular weight is 140 g/mol. The first-order valence-electron chi connectivity index (χ1n) is 2.84. The molecule has 54 valence electrons. The van der Waals surface area contributed by atoms with Crippen molar-refractivity contribution in [3.8, 4) is 0 Å². The van der Waals surface area contributed by atoms with Crippen molar-refractivity contribution in [2.24, 2.45) is 14.1 Å². The molecule has 10 heavy (non-hydrogen) atoms. The standard InChI is InChI=1S/C6H8N2O2/c1-7-3-5(4-9)8(2)6(7)10/h3-4H,1-2H3. The highest BCUT2D eigenvalue weighted by Crippen LogP contribution is 1.87. The summed E-state index contributed by atoms with van der Waals surface area (Å²) in [5.41, 5.74) is 0.217. The number of carbonyl (C=O) groups excluding carboxylic acids is 1. The zero-order valence-electron chi connectivity index (χ0n) is 5.87. The van der Waals surface area contributed by atoms with Gasteiger partial charge in [0.1, 0.15) is 5.69 Å². The number of aldehydes is 1. The van der Waals surface area contributed by atoms with Crippen LogP contribution in [0.25, 0.3) is 0 Å². The van der Waals surface area contributed by atoms with E-state index in [0.29, 0.717) is 12.0 Å². The molecule has 0 saturated carbocycles. The summed E-state index contributed by atoms with van der Waals surface area (Å²) in [6.45, 7) is 0. The highest BCUT2D eigenvalue weighted by molar-refractivity contribution is 5.71. The van der Waals surface area contributed by atoms with Crippen LogP contribution in [0.1, 0.15) is 10.5 Å². The molecule has 0 spiro atoms. The first-order chi connectivity index (χ1) is 4.66. The summed E-state index contributed by atoms with van der Waals surface area (Å²) < 4.78 is 2.66. The van der Waals surface area contributed by atoms with E-state index < -0.39 is 0 Å². The Morgan fingerprint density at radius 1 is 1.50 bits per heavy atom. The van der Waals surface area contributed by atoms with E-state index in [2.05, 4.69) is 0 Å². The van der Waals surface area contributed by atoms with Crippen LogP contribution in [-0.2, 0) is 14.1 Å². The number of nitrogens with zero attached hydrogens (tertiary/aromatic N) is 2. The molecule has 1 aromatic heterocycles. The lowest BCUT2D eigenvalue weighted by Crippen LogP contribution is -2.20. The molecule has 0 amide bonds. The maximum atomic E-state index is 10.9. The van der Waals surface area contributed by atoms with Crippen molar-refractivity contribution in [2.75, 3.05) is 0 Å². The number of imidazole rings is 1. The average Bonchev–Trinajstić information content (AvgIpc) is 2.17. The Kier molecular flexibility index (Phi) is 1.45. The normalized spacial score (nSPS) is 9.80. The van der Waals surface area contributed by atoms with Gasteiger partial charge in [-0.3, -0.25) is 9.36 Å². The van der Waals surface area contributed by atoms with Crippen molar-refractivity contribution >= 4 is 6.29 Å². The number of hydrogen-bond acceptors (Lipinski definition) is 2. The van der Waals surface area contributed by atoms with Crippen molar-refractivity contribution in [1.29, 1.82) is 0 Å². The number of carbonyl (C=O) groups is 1. The molecule has 0 aliphatic carbocycles. The van der Waals surface area contributed by atoms with E-state index in [1.54, 1.807) is 14.1 Å². The molecule has 0 aliphatic rings. The molecule has 0 aromatic carbocycles. The van der Waals surface area contributed by atoms with Crippen LogP contribution in [0.2, 0.25) is 0 Å². The summed E-state index contributed by atoms with van der Waals surface area (Å²) in [6.07, 6.45) is 2.15. The van der Waals surface area contributed by atoms with Gasteiger partial charge in [0.05, 0.1) is 0 Å². The summed E-state index contributed by atoms with van der Waals surface area (Å²) in [4.78, 5) is 21.1. The third-order valence-electron chi connectivity index (χ3n) is 1.42. The second-order valence-corrected chi connectivity index (χ2v) is 2.12. The van der Waals surface area contributed by atoms with Gasteiger partial charge in [0.25, 0.3) is 0 Å². The minimum absolute atomic E-state index is 0.179. The van der Waals surface area contributed by atoms with Gasteiger partial charge in [0.15, 0.2) is 6.29 Å². The van der Waals surface area contributed by atoms with E-state index in [0.717, 1.165) is 0 Å². The van der Waals surface area contributed by atoms with Crippen molar-refractivity contribution < 1.29 is 4.79 Å². The zero-order chi connectivity index (χ0) is 7.72. The predicted molar refractivity (Wildman–Crippen MR) is 36.0 cm³/mol. The Bertz CT molecular complexity index is 308. The topological polar surface area (TPSA) is 44.0 Å². The van der Waals surface area contributed by atoms with Gasteiger partial charge in [-0.1, -0.05) is 0 Å². The monoisotopic (exact) mass is 140 g/mol. The third kappa shape index (κ3) is 0.775. The molecule has 0 bridgehead atoms. The lowest BCUT2D eigenvalue weighted by atomic mass is 10.5. The molecule has 0 unspecified atom stereocenters. The van der Waals surface area contributed by atoms with Crippen molar-refractivity contribution in [2.45, 2.75) is 0 Å². The SMILES string of the molecule is Cn1cc(C=O)n(C)c1=O. The van der Waals surface area contributed by atoms with Crippen LogP contribution in [0.4, 0.5) is 0 Å². The van der Waals surface area contributed by atoms with E-state index in [1.807, 2.05) is 0 Å². The third-order valence-corrected chi connectivity index (χ3v) is 1.42. The van der Waals surface area contributed by atoms with Crippen LogP contribution in [0.15, 0.2) is 11.0 Å². The van der Waals surface area contributed by atoms with Crippen molar-refractivity contribution in [1.82, 2.24) is 9.13 Å². The number of hydrogen-bond donors (Lipinski definition) is 0.